The van der Waals surface area contributed by atoms with E-state index in [9.17, 15) is 4.79 Å². The van der Waals surface area contributed by atoms with Gasteiger partial charge >= 0.3 is 5.97 Å². The highest BCUT2D eigenvalue weighted by Gasteiger charge is 2.30. The predicted molar refractivity (Wildman–Crippen MR) is 46.8 cm³/mol. The molecule has 3 heteroatoms. The Hall–Kier alpha value is -0.570. The van der Waals surface area contributed by atoms with Crippen LogP contribution in [0.15, 0.2) is 0 Å². The van der Waals surface area contributed by atoms with Crippen molar-refractivity contribution in [1.82, 2.24) is 5.32 Å². The monoisotopic (exact) mass is 171 g/mol. The van der Waals surface area contributed by atoms with Gasteiger partial charge in [-0.25, -0.2) is 0 Å². The van der Waals surface area contributed by atoms with Crippen LogP contribution in [0.4, 0.5) is 0 Å². The number of carbonyl (C=O) groups excluding carboxylic acids is 1. The Bertz CT molecular complexity index is 159. The summed E-state index contributed by atoms with van der Waals surface area (Å²) in [6.45, 7) is 0. The number of esters is 1. The van der Waals surface area contributed by atoms with Crippen LogP contribution in [0.5, 0.6) is 0 Å². The van der Waals surface area contributed by atoms with Crippen molar-refractivity contribution in [2.45, 2.75) is 31.7 Å². The number of ether oxygens (including phenoxy) is 1. The first-order chi connectivity index (χ1) is 5.79. The maximum Gasteiger partial charge on any atom is 0.310 e. The van der Waals surface area contributed by atoms with E-state index in [0.717, 1.165) is 19.3 Å². The van der Waals surface area contributed by atoms with Crippen molar-refractivity contribution in [3.63, 3.8) is 0 Å². The van der Waals surface area contributed by atoms with Gasteiger partial charge in [-0.1, -0.05) is 12.8 Å². The predicted octanol–water partition coefficient (Wildman–Crippen LogP) is 0.938. The van der Waals surface area contributed by atoms with E-state index < -0.39 is 0 Å². The molecule has 0 bridgehead atoms. The average Bonchev–Trinajstić information content (AvgIpc) is 2.16. The van der Waals surface area contributed by atoms with Crippen molar-refractivity contribution in [2.24, 2.45) is 5.92 Å². The summed E-state index contributed by atoms with van der Waals surface area (Å²) in [6.07, 6.45) is 4.44. The van der Waals surface area contributed by atoms with Gasteiger partial charge in [-0.3, -0.25) is 4.79 Å². The molecule has 70 valence electrons. The normalized spacial score (nSPS) is 29.8. The smallest absolute Gasteiger partial charge is 0.310 e. The van der Waals surface area contributed by atoms with E-state index in [0.29, 0.717) is 6.04 Å². The second kappa shape index (κ2) is 4.45. The van der Waals surface area contributed by atoms with Crippen LogP contribution in [-0.4, -0.2) is 26.2 Å². The molecule has 1 aliphatic carbocycles. The van der Waals surface area contributed by atoms with E-state index in [2.05, 4.69) is 5.32 Å². The lowest BCUT2D eigenvalue weighted by Crippen LogP contribution is -2.40. The van der Waals surface area contributed by atoms with E-state index in [-0.39, 0.29) is 11.9 Å². The number of carbonyl (C=O) groups is 1. The number of nitrogens with one attached hydrogen (secondary N) is 1. The summed E-state index contributed by atoms with van der Waals surface area (Å²) in [5.41, 5.74) is 0. The Morgan fingerprint density at radius 1 is 1.42 bits per heavy atom. The third-order valence-electron chi connectivity index (χ3n) is 2.64. The first-order valence-corrected chi connectivity index (χ1v) is 4.54. The van der Waals surface area contributed by atoms with Crippen molar-refractivity contribution in [3.05, 3.63) is 0 Å². The van der Waals surface area contributed by atoms with Gasteiger partial charge in [0.25, 0.3) is 0 Å². The molecule has 3 nitrogen and oxygen atoms in total. The molecule has 12 heavy (non-hydrogen) atoms. The van der Waals surface area contributed by atoms with Gasteiger partial charge in [0.1, 0.15) is 0 Å². The van der Waals surface area contributed by atoms with E-state index in [4.69, 9.17) is 4.74 Å². The van der Waals surface area contributed by atoms with Crippen LogP contribution in [0, 0.1) is 5.92 Å². The lowest BCUT2D eigenvalue weighted by molar-refractivity contribution is -0.147. The van der Waals surface area contributed by atoms with Crippen molar-refractivity contribution in [3.8, 4) is 0 Å². The van der Waals surface area contributed by atoms with Crippen LogP contribution in [0.1, 0.15) is 25.7 Å². The van der Waals surface area contributed by atoms with Crippen LogP contribution in [-0.2, 0) is 9.53 Å². The first kappa shape index (κ1) is 9.52. The van der Waals surface area contributed by atoms with Gasteiger partial charge in [-0.2, -0.15) is 0 Å². The SMILES string of the molecule is CNC1CCCCC1C(=O)OC. The number of hydrogen-bond acceptors (Lipinski definition) is 3. The summed E-state index contributed by atoms with van der Waals surface area (Å²) in [5, 5.41) is 3.17. The Labute approximate surface area is 73.5 Å². The van der Waals surface area contributed by atoms with E-state index >= 15 is 0 Å². The molecule has 1 saturated carbocycles. The van der Waals surface area contributed by atoms with Crippen LogP contribution >= 0.6 is 0 Å². The zero-order valence-corrected chi connectivity index (χ0v) is 7.80. The highest BCUT2D eigenvalue weighted by molar-refractivity contribution is 5.73. The molecule has 2 unspecified atom stereocenters. The van der Waals surface area contributed by atoms with Gasteiger partial charge in [-0.05, 0) is 19.9 Å². The van der Waals surface area contributed by atoms with Crippen LogP contribution in [0.2, 0.25) is 0 Å². The number of methoxy groups -OCH3 is 1. The lowest BCUT2D eigenvalue weighted by Gasteiger charge is -2.28. The molecule has 2 atom stereocenters. The molecular formula is C9H17NO2. The molecule has 0 aromatic heterocycles. The summed E-state index contributed by atoms with van der Waals surface area (Å²) in [6, 6.07) is 0.325. The molecule has 0 aliphatic heterocycles. The van der Waals surface area contributed by atoms with Crippen molar-refractivity contribution < 1.29 is 9.53 Å². The quantitative estimate of drug-likeness (QED) is 0.628. The number of rotatable bonds is 2. The fraction of sp³-hybridized carbons (Fsp3) is 0.889. The second-order valence-electron chi connectivity index (χ2n) is 3.31. The van der Waals surface area contributed by atoms with E-state index in [1.807, 2.05) is 7.05 Å². The molecule has 0 radical (unpaired) electrons. The van der Waals surface area contributed by atoms with Crippen molar-refractivity contribution >= 4 is 5.97 Å². The van der Waals surface area contributed by atoms with Gasteiger partial charge in [0.05, 0.1) is 13.0 Å². The Morgan fingerprint density at radius 2 is 2.08 bits per heavy atom. The highest BCUT2D eigenvalue weighted by atomic mass is 16.5. The molecule has 1 N–H and O–H groups in total. The van der Waals surface area contributed by atoms with Gasteiger partial charge in [-0.15, -0.1) is 0 Å². The summed E-state index contributed by atoms with van der Waals surface area (Å²) < 4.78 is 4.74. The minimum absolute atomic E-state index is 0.0611. The average molecular weight is 171 g/mol. The molecule has 1 fully saturated rings. The molecule has 0 amide bonds. The van der Waals surface area contributed by atoms with Crippen LogP contribution < -0.4 is 5.32 Å². The maximum absolute atomic E-state index is 11.3. The van der Waals surface area contributed by atoms with Crippen LogP contribution in [0.3, 0.4) is 0 Å². The Kier molecular flexibility index (Phi) is 3.53. The molecule has 0 aromatic rings. The molecular weight excluding hydrogens is 154 g/mol. The summed E-state index contributed by atoms with van der Waals surface area (Å²) in [5.74, 6) is 0.0165. The van der Waals surface area contributed by atoms with Gasteiger partial charge in [0.15, 0.2) is 0 Å². The third-order valence-corrected chi connectivity index (χ3v) is 2.64. The summed E-state index contributed by atoms with van der Waals surface area (Å²) in [7, 11) is 3.37. The molecule has 1 aliphatic rings. The highest BCUT2D eigenvalue weighted by Crippen LogP contribution is 2.24. The minimum atomic E-state index is -0.0611. The summed E-state index contributed by atoms with van der Waals surface area (Å²) in [4.78, 5) is 11.3. The van der Waals surface area contributed by atoms with Crippen molar-refractivity contribution in [2.75, 3.05) is 14.2 Å². The molecule has 0 saturated heterocycles. The third kappa shape index (κ3) is 1.97. The lowest BCUT2D eigenvalue weighted by atomic mass is 9.85. The second-order valence-corrected chi connectivity index (χ2v) is 3.31. The fourth-order valence-corrected chi connectivity index (χ4v) is 1.91. The van der Waals surface area contributed by atoms with Gasteiger partial charge in [0, 0.05) is 6.04 Å². The molecule has 0 heterocycles. The zero-order chi connectivity index (χ0) is 8.97. The van der Waals surface area contributed by atoms with E-state index in [1.165, 1.54) is 13.5 Å². The van der Waals surface area contributed by atoms with E-state index in [1.54, 1.807) is 0 Å². The molecule has 0 aromatic carbocycles. The Balaban J connectivity index is 2.52. The molecule has 0 spiro atoms. The topological polar surface area (TPSA) is 38.3 Å². The van der Waals surface area contributed by atoms with Gasteiger partial charge < -0.3 is 10.1 Å². The first-order valence-electron chi connectivity index (χ1n) is 4.54. The minimum Gasteiger partial charge on any atom is -0.469 e. The van der Waals surface area contributed by atoms with Gasteiger partial charge in [0.2, 0.25) is 0 Å². The Morgan fingerprint density at radius 3 is 2.67 bits per heavy atom. The summed E-state index contributed by atoms with van der Waals surface area (Å²) >= 11 is 0. The fourth-order valence-electron chi connectivity index (χ4n) is 1.91. The largest absolute Gasteiger partial charge is 0.469 e. The maximum atomic E-state index is 11.3. The number of hydrogen-bond donors (Lipinski definition) is 1. The van der Waals surface area contributed by atoms with Crippen molar-refractivity contribution in [1.29, 1.82) is 0 Å². The zero-order valence-electron chi connectivity index (χ0n) is 7.80. The standard InChI is InChI=1S/C9H17NO2/c1-10-8-6-4-3-5-7(8)9(11)12-2/h7-8,10H,3-6H2,1-2H3. The molecule has 1 rings (SSSR count). The van der Waals surface area contributed by atoms with Crippen LogP contribution in [0.25, 0.3) is 0 Å².